The van der Waals surface area contributed by atoms with Gasteiger partial charge in [-0.15, -0.1) is 0 Å². The highest BCUT2D eigenvalue weighted by atomic mass is 16.5. The summed E-state index contributed by atoms with van der Waals surface area (Å²) < 4.78 is 10.3. The minimum atomic E-state index is -0.577. The van der Waals surface area contributed by atoms with E-state index < -0.39 is 11.9 Å². The van der Waals surface area contributed by atoms with Gasteiger partial charge in [0.25, 0.3) is 5.91 Å². The first-order valence-electron chi connectivity index (χ1n) is 10.5. The average Bonchev–Trinajstić information content (AvgIpc) is 2.84. The van der Waals surface area contributed by atoms with Crippen LogP contribution in [0.25, 0.3) is 0 Å². The lowest BCUT2D eigenvalue weighted by Crippen LogP contribution is -2.40. The number of amides is 3. The second kappa shape index (κ2) is 11.5. The van der Waals surface area contributed by atoms with Crippen molar-refractivity contribution in [2.75, 3.05) is 20.8 Å². The van der Waals surface area contributed by atoms with Gasteiger partial charge < -0.3 is 14.8 Å². The molecule has 2 N–H and O–H groups in total. The van der Waals surface area contributed by atoms with E-state index in [0.717, 1.165) is 16.9 Å². The lowest BCUT2D eigenvalue weighted by molar-refractivity contribution is 0.0959. The lowest BCUT2D eigenvalue weighted by Gasteiger charge is -2.08. The maximum Gasteiger partial charge on any atom is 0.321 e. The Morgan fingerprint density at radius 1 is 0.758 bits per heavy atom. The molecule has 0 aromatic heterocycles. The SMILES string of the molecule is COc1ccc(CCNC(=O)NC(=O)c2ccc(C(=O)Cc3cccc(OC)c3)cc2)cc1. The summed E-state index contributed by atoms with van der Waals surface area (Å²) in [4.78, 5) is 36.9. The monoisotopic (exact) mass is 446 g/mol. The molecule has 0 saturated heterocycles. The fraction of sp³-hybridized carbons (Fsp3) is 0.192. The number of carbonyl (C=O) groups excluding carboxylic acids is 3. The Morgan fingerprint density at radius 3 is 2.09 bits per heavy atom. The van der Waals surface area contributed by atoms with E-state index in [2.05, 4.69) is 10.6 Å². The predicted octanol–water partition coefficient (Wildman–Crippen LogP) is 3.81. The summed E-state index contributed by atoms with van der Waals surface area (Å²) in [6.07, 6.45) is 0.842. The number of Topliss-reactive ketones (excluding diaryl/α,β-unsaturated/α-hetero) is 1. The second-order valence-corrected chi connectivity index (χ2v) is 7.34. The molecular formula is C26H26N2O5. The summed E-state index contributed by atoms with van der Waals surface area (Å²) in [5.41, 5.74) is 2.65. The molecule has 0 aliphatic heterocycles. The summed E-state index contributed by atoms with van der Waals surface area (Å²) in [5.74, 6) is 0.841. The molecule has 0 fully saturated rings. The Morgan fingerprint density at radius 2 is 1.42 bits per heavy atom. The Kier molecular flexibility index (Phi) is 8.18. The first kappa shape index (κ1) is 23.5. The number of hydrogen-bond acceptors (Lipinski definition) is 5. The molecule has 0 spiro atoms. The molecule has 3 aromatic rings. The van der Waals surface area contributed by atoms with Crippen molar-refractivity contribution in [2.45, 2.75) is 12.8 Å². The minimum Gasteiger partial charge on any atom is -0.497 e. The van der Waals surface area contributed by atoms with E-state index in [1.807, 2.05) is 48.5 Å². The van der Waals surface area contributed by atoms with E-state index in [-0.39, 0.29) is 12.2 Å². The summed E-state index contributed by atoms with van der Waals surface area (Å²) in [6, 6.07) is 20.5. The van der Waals surface area contributed by atoms with Crippen LogP contribution >= 0.6 is 0 Å². The van der Waals surface area contributed by atoms with Crippen LogP contribution in [-0.2, 0) is 12.8 Å². The number of imide groups is 1. The Balaban J connectivity index is 1.47. The Hall–Kier alpha value is -4.13. The van der Waals surface area contributed by atoms with E-state index >= 15 is 0 Å². The zero-order chi connectivity index (χ0) is 23.6. The van der Waals surface area contributed by atoms with Crippen molar-refractivity contribution in [3.05, 3.63) is 95.1 Å². The number of hydrogen-bond donors (Lipinski definition) is 2. The third kappa shape index (κ3) is 6.93. The van der Waals surface area contributed by atoms with E-state index in [1.54, 1.807) is 26.4 Å². The number of carbonyl (C=O) groups is 3. The molecule has 0 atom stereocenters. The van der Waals surface area contributed by atoms with Crippen molar-refractivity contribution in [2.24, 2.45) is 0 Å². The molecule has 0 bridgehead atoms. The van der Waals surface area contributed by atoms with E-state index in [9.17, 15) is 14.4 Å². The molecule has 7 heteroatoms. The highest BCUT2D eigenvalue weighted by molar-refractivity contribution is 6.05. The molecule has 33 heavy (non-hydrogen) atoms. The van der Waals surface area contributed by atoms with Crippen LogP contribution in [0.4, 0.5) is 4.79 Å². The molecule has 3 rings (SSSR count). The number of nitrogens with one attached hydrogen (secondary N) is 2. The number of ether oxygens (including phenoxy) is 2. The summed E-state index contributed by atoms with van der Waals surface area (Å²) >= 11 is 0. The lowest BCUT2D eigenvalue weighted by atomic mass is 10.0. The van der Waals surface area contributed by atoms with Crippen LogP contribution in [-0.4, -0.2) is 38.5 Å². The standard InChI is InChI=1S/C26H26N2O5/c1-32-22-12-6-18(7-13-22)14-15-27-26(31)28-25(30)21-10-8-20(9-11-21)24(29)17-19-4-3-5-23(16-19)33-2/h3-13,16H,14-15,17H2,1-2H3,(H2,27,28,30,31). The number of rotatable bonds is 9. The topological polar surface area (TPSA) is 93.7 Å². The van der Waals surface area contributed by atoms with Gasteiger partial charge in [0.2, 0.25) is 0 Å². The summed E-state index contributed by atoms with van der Waals surface area (Å²) in [5, 5.41) is 4.95. The fourth-order valence-corrected chi connectivity index (χ4v) is 3.21. The van der Waals surface area contributed by atoms with Crippen LogP contribution in [0.15, 0.2) is 72.8 Å². The van der Waals surface area contributed by atoms with Gasteiger partial charge in [-0.25, -0.2) is 4.79 Å². The fourth-order valence-electron chi connectivity index (χ4n) is 3.21. The molecule has 170 valence electrons. The van der Waals surface area contributed by atoms with E-state index in [4.69, 9.17) is 9.47 Å². The van der Waals surface area contributed by atoms with E-state index in [1.165, 1.54) is 12.1 Å². The molecular weight excluding hydrogens is 420 g/mol. The van der Waals surface area contributed by atoms with Gasteiger partial charge >= 0.3 is 6.03 Å². The van der Waals surface area contributed by atoms with Crippen LogP contribution in [0.3, 0.4) is 0 Å². The zero-order valence-corrected chi connectivity index (χ0v) is 18.6. The number of urea groups is 1. The van der Waals surface area contributed by atoms with Gasteiger partial charge in [-0.1, -0.05) is 36.4 Å². The first-order valence-corrected chi connectivity index (χ1v) is 10.5. The van der Waals surface area contributed by atoms with Crippen LogP contribution in [0, 0.1) is 0 Å². The van der Waals surface area contributed by atoms with Crippen molar-refractivity contribution < 1.29 is 23.9 Å². The zero-order valence-electron chi connectivity index (χ0n) is 18.6. The Labute approximate surface area is 192 Å². The van der Waals surface area contributed by atoms with Gasteiger partial charge in [-0.3, -0.25) is 14.9 Å². The minimum absolute atomic E-state index is 0.0773. The maximum absolute atomic E-state index is 12.5. The quantitative estimate of drug-likeness (QED) is 0.488. The van der Waals surface area contributed by atoms with Gasteiger partial charge in [0.05, 0.1) is 14.2 Å². The third-order valence-electron chi connectivity index (χ3n) is 5.05. The van der Waals surface area contributed by atoms with Crippen molar-refractivity contribution >= 4 is 17.7 Å². The molecule has 0 aliphatic carbocycles. The van der Waals surface area contributed by atoms with Crippen molar-refractivity contribution in [3.8, 4) is 11.5 Å². The third-order valence-corrected chi connectivity index (χ3v) is 5.05. The second-order valence-electron chi connectivity index (χ2n) is 7.34. The molecule has 3 aromatic carbocycles. The van der Waals surface area contributed by atoms with Crippen LogP contribution < -0.4 is 20.1 Å². The largest absolute Gasteiger partial charge is 0.497 e. The molecule has 7 nitrogen and oxygen atoms in total. The van der Waals surface area contributed by atoms with Crippen molar-refractivity contribution in [3.63, 3.8) is 0 Å². The van der Waals surface area contributed by atoms with Crippen LogP contribution in [0.2, 0.25) is 0 Å². The van der Waals surface area contributed by atoms with Gasteiger partial charge in [0.15, 0.2) is 5.78 Å². The number of ketones is 1. The highest BCUT2D eigenvalue weighted by Gasteiger charge is 2.12. The van der Waals surface area contributed by atoms with Crippen LogP contribution in [0.1, 0.15) is 31.8 Å². The molecule has 0 heterocycles. The number of methoxy groups -OCH3 is 2. The summed E-state index contributed by atoms with van der Waals surface area (Å²) in [6.45, 7) is 0.378. The van der Waals surface area contributed by atoms with Crippen molar-refractivity contribution in [1.29, 1.82) is 0 Å². The van der Waals surface area contributed by atoms with Gasteiger partial charge in [0, 0.05) is 24.1 Å². The normalized spacial score (nSPS) is 10.2. The van der Waals surface area contributed by atoms with Gasteiger partial charge in [0.1, 0.15) is 11.5 Å². The molecule has 0 saturated carbocycles. The van der Waals surface area contributed by atoms with Gasteiger partial charge in [-0.2, -0.15) is 0 Å². The average molecular weight is 447 g/mol. The predicted molar refractivity (Wildman–Crippen MR) is 125 cm³/mol. The molecule has 0 unspecified atom stereocenters. The molecule has 0 aliphatic rings. The maximum atomic E-state index is 12.5. The molecule has 3 amide bonds. The van der Waals surface area contributed by atoms with Gasteiger partial charge in [-0.05, 0) is 53.9 Å². The molecule has 0 radical (unpaired) electrons. The van der Waals surface area contributed by atoms with Crippen molar-refractivity contribution in [1.82, 2.24) is 10.6 Å². The highest BCUT2D eigenvalue weighted by Crippen LogP contribution is 2.15. The van der Waals surface area contributed by atoms with E-state index in [0.29, 0.717) is 29.8 Å². The smallest absolute Gasteiger partial charge is 0.321 e. The first-order chi connectivity index (χ1) is 16.0. The van der Waals surface area contributed by atoms with Crippen LogP contribution in [0.5, 0.6) is 11.5 Å². The summed E-state index contributed by atoms with van der Waals surface area (Å²) in [7, 11) is 3.18. The number of benzene rings is 3. The Bertz CT molecular complexity index is 1110.